The maximum Gasteiger partial charge on any atom is 0.338 e. The van der Waals surface area contributed by atoms with Gasteiger partial charge in [0.1, 0.15) is 17.1 Å². The van der Waals surface area contributed by atoms with Crippen molar-refractivity contribution in [1.82, 2.24) is 0 Å². The molecule has 1 aliphatic rings. The van der Waals surface area contributed by atoms with Crippen molar-refractivity contribution >= 4 is 17.3 Å². The summed E-state index contributed by atoms with van der Waals surface area (Å²) in [6.07, 6.45) is 3.17. The number of benzene rings is 1. The second-order valence-corrected chi connectivity index (χ2v) is 5.14. The Bertz CT molecular complexity index is 558. The predicted octanol–water partition coefficient (Wildman–Crippen LogP) is 3.03. The lowest BCUT2D eigenvalue weighted by molar-refractivity contribution is -0.384. The van der Waals surface area contributed by atoms with E-state index in [9.17, 15) is 19.3 Å². The number of halogens is 1. The summed E-state index contributed by atoms with van der Waals surface area (Å²) in [5.74, 6) is -1.88. The van der Waals surface area contributed by atoms with Crippen LogP contribution in [0.4, 0.5) is 15.8 Å². The highest BCUT2D eigenvalue weighted by Crippen LogP contribution is 2.35. The molecule has 108 valence electrons. The van der Waals surface area contributed by atoms with Gasteiger partial charge in [-0.15, -0.1) is 0 Å². The largest absolute Gasteiger partial charge is 0.478 e. The number of anilines is 1. The lowest BCUT2D eigenvalue weighted by Crippen LogP contribution is -2.17. The fourth-order valence-electron chi connectivity index (χ4n) is 2.17. The van der Waals surface area contributed by atoms with Crippen LogP contribution in [0.5, 0.6) is 0 Å². The molecule has 0 heterocycles. The summed E-state index contributed by atoms with van der Waals surface area (Å²) in [7, 11) is 0. The van der Waals surface area contributed by atoms with Crippen molar-refractivity contribution in [3.63, 3.8) is 0 Å². The lowest BCUT2D eigenvalue weighted by Gasteiger charge is -2.15. The van der Waals surface area contributed by atoms with Gasteiger partial charge in [0.05, 0.1) is 4.92 Å². The Morgan fingerprint density at radius 1 is 1.60 bits per heavy atom. The van der Waals surface area contributed by atoms with E-state index in [0.717, 1.165) is 31.4 Å². The minimum absolute atomic E-state index is 0.0191. The van der Waals surface area contributed by atoms with E-state index in [4.69, 9.17) is 5.11 Å². The molecule has 1 aromatic carbocycles. The summed E-state index contributed by atoms with van der Waals surface area (Å²) in [6, 6.07) is 1.60. The van der Waals surface area contributed by atoms with Gasteiger partial charge in [-0.1, -0.05) is 12.8 Å². The van der Waals surface area contributed by atoms with Crippen molar-refractivity contribution in [3.05, 3.63) is 33.6 Å². The molecule has 0 amide bonds. The molecule has 0 radical (unpaired) electrons. The van der Waals surface area contributed by atoms with Crippen LogP contribution < -0.4 is 5.32 Å². The number of carboxylic acid groups (broad SMARTS) is 1. The first-order chi connectivity index (χ1) is 9.38. The SMILES string of the molecule is CC(CC1CC1)Nc1cc(F)c(C(=O)O)cc1[N+](=O)[O-]. The Hall–Kier alpha value is -2.18. The molecule has 6 nitrogen and oxygen atoms in total. The zero-order valence-electron chi connectivity index (χ0n) is 10.9. The molecule has 7 heteroatoms. The van der Waals surface area contributed by atoms with Gasteiger partial charge in [0.25, 0.3) is 5.69 Å². The number of rotatable bonds is 6. The maximum atomic E-state index is 13.6. The molecular weight excluding hydrogens is 267 g/mol. The van der Waals surface area contributed by atoms with Crippen LogP contribution >= 0.6 is 0 Å². The quantitative estimate of drug-likeness (QED) is 0.618. The molecule has 0 bridgehead atoms. The predicted molar refractivity (Wildman–Crippen MR) is 70.4 cm³/mol. The molecule has 20 heavy (non-hydrogen) atoms. The van der Waals surface area contributed by atoms with E-state index < -0.39 is 28.0 Å². The first kappa shape index (κ1) is 14.2. The Morgan fingerprint density at radius 3 is 2.75 bits per heavy atom. The third kappa shape index (κ3) is 3.23. The normalized spacial score (nSPS) is 15.7. The number of hydrogen-bond donors (Lipinski definition) is 2. The van der Waals surface area contributed by atoms with E-state index in [0.29, 0.717) is 5.92 Å². The molecular formula is C13H15FN2O4. The number of nitrogens with zero attached hydrogens (tertiary/aromatic N) is 1. The minimum Gasteiger partial charge on any atom is -0.478 e. The van der Waals surface area contributed by atoms with E-state index in [-0.39, 0.29) is 11.7 Å². The van der Waals surface area contributed by atoms with Gasteiger partial charge in [-0.25, -0.2) is 9.18 Å². The summed E-state index contributed by atoms with van der Waals surface area (Å²) in [4.78, 5) is 21.1. The smallest absolute Gasteiger partial charge is 0.338 e. The Kier molecular flexibility index (Phi) is 3.87. The number of nitro benzene ring substituents is 1. The fraction of sp³-hybridized carbons (Fsp3) is 0.462. The maximum absolute atomic E-state index is 13.6. The van der Waals surface area contributed by atoms with Crippen LogP contribution in [-0.4, -0.2) is 22.0 Å². The highest BCUT2D eigenvalue weighted by atomic mass is 19.1. The van der Waals surface area contributed by atoms with Crippen LogP contribution in [0.3, 0.4) is 0 Å². The first-order valence-corrected chi connectivity index (χ1v) is 6.36. The van der Waals surface area contributed by atoms with Gasteiger partial charge in [0.2, 0.25) is 0 Å². The van der Waals surface area contributed by atoms with Crippen molar-refractivity contribution in [2.75, 3.05) is 5.32 Å². The zero-order chi connectivity index (χ0) is 14.9. The first-order valence-electron chi connectivity index (χ1n) is 6.36. The third-order valence-corrected chi connectivity index (χ3v) is 3.30. The van der Waals surface area contributed by atoms with Gasteiger partial charge in [-0.05, 0) is 19.3 Å². The van der Waals surface area contributed by atoms with Gasteiger partial charge in [0, 0.05) is 18.2 Å². The fourth-order valence-corrected chi connectivity index (χ4v) is 2.17. The van der Waals surface area contributed by atoms with E-state index in [1.165, 1.54) is 0 Å². The topological polar surface area (TPSA) is 92.5 Å². The molecule has 2 N–H and O–H groups in total. The van der Waals surface area contributed by atoms with Crippen molar-refractivity contribution in [2.24, 2.45) is 5.92 Å². The molecule has 1 unspecified atom stereocenters. The van der Waals surface area contributed by atoms with Gasteiger partial charge in [0.15, 0.2) is 0 Å². The van der Waals surface area contributed by atoms with Crippen LogP contribution in [0, 0.1) is 21.8 Å². The van der Waals surface area contributed by atoms with Crippen molar-refractivity contribution in [1.29, 1.82) is 0 Å². The average molecular weight is 282 g/mol. The lowest BCUT2D eigenvalue weighted by atomic mass is 10.1. The monoisotopic (exact) mass is 282 g/mol. The van der Waals surface area contributed by atoms with E-state index >= 15 is 0 Å². The Labute approximate surface area is 114 Å². The van der Waals surface area contributed by atoms with E-state index in [1.54, 1.807) is 0 Å². The second-order valence-electron chi connectivity index (χ2n) is 5.14. The molecule has 1 saturated carbocycles. The molecule has 0 aliphatic heterocycles. The van der Waals surface area contributed by atoms with Crippen LogP contribution in [0.2, 0.25) is 0 Å². The molecule has 1 aromatic rings. The summed E-state index contributed by atoms with van der Waals surface area (Å²) in [5, 5.41) is 22.7. The summed E-state index contributed by atoms with van der Waals surface area (Å²) in [6.45, 7) is 1.87. The van der Waals surface area contributed by atoms with Crippen molar-refractivity contribution < 1.29 is 19.2 Å². The summed E-state index contributed by atoms with van der Waals surface area (Å²) >= 11 is 0. The minimum atomic E-state index is -1.52. The molecule has 1 fully saturated rings. The summed E-state index contributed by atoms with van der Waals surface area (Å²) in [5.41, 5.74) is -1.10. The Morgan fingerprint density at radius 2 is 2.25 bits per heavy atom. The molecule has 2 rings (SSSR count). The highest BCUT2D eigenvalue weighted by molar-refractivity contribution is 5.90. The van der Waals surface area contributed by atoms with Crippen LogP contribution in [0.25, 0.3) is 0 Å². The number of nitro groups is 1. The van der Waals surface area contributed by atoms with Gasteiger partial charge < -0.3 is 10.4 Å². The van der Waals surface area contributed by atoms with Crippen LogP contribution in [0.15, 0.2) is 12.1 Å². The number of carboxylic acids is 1. The van der Waals surface area contributed by atoms with Crippen molar-refractivity contribution in [3.8, 4) is 0 Å². The third-order valence-electron chi connectivity index (χ3n) is 3.30. The molecule has 1 aliphatic carbocycles. The van der Waals surface area contributed by atoms with Gasteiger partial charge >= 0.3 is 5.97 Å². The van der Waals surface area contributed by atoms with Gasteiger partial charge in [-0.2, -0.15) is 0 Å². The second kappa shape index (κ2) is 5.44. The van der Waals surface area contributed by atoms with Crippen LogP contribution in [-0.2, 0) is 0 Å². The average Bonchev–Trinajstić information content (AvgIpc) is 3.11. The van der Waals surface area contributed by atoms with Crippen LogP contribution in [0.1, 0.15) is 36.5 Å². The van der Waals surface area contributed by atoms with Crippen molar-refractivity contribution in [2.45, 2.75) is 32.2 Å². The number of carbonyl (C=O) groups is 1. The molecule has 0 aromatic heterocycles. The van der Waals surface area contributed by atoms with E-state index in [1.807, 2.05) is 6.92 Å². The summed E-state index contributed by atoms with van der Waals surface area (Å²) < 4.78 is 13.6. The number of aromatic carboxylic acids is 1. The zero-order valence-corrected chi connectivity index (χ0v) is 10.9. The number of hydrogen-bond acceptors (Lipinski definition) is 4. The Balaban J connectivity index is 2.27. The number of nitrogens with one attached hydrogen (secondary N) is 1. The van der Waals surface area contributed by atoms with E-state index in [2.05, 4.69) is 5.32 Å². The highest BCUT2D eigenvalue weighted by Gasteiger charge is 2.26. The molecule has 1 atom stereocenters. The standard InChI is InChI=1S/C13H15FN2O4/c1-7(4-8-2-3-8)15-11-6-10(14)9(13(17)18)5-12(11)16(19)20/h5-8,15H,2-4H2,1H3,(H,17,18). The molecule has 0 saturated heterocycles. The molecule has 0 spiro atoms. The van der Waals surface area contributed by atoms with Gasteiger partial charge in [-0.3, -0.25) is 10.1 Å².